The summed E-state index contributed by atoms with van der Waals surface area (Å²) in [5, 5.41) is 3.93. The van der Waals surface area contributed by atoms with Gasteiger partial charge >= 0.3 is 0 Å². The lowest BCUT2D eigenvalue weighted by atomic mass is 9.63. The second kappa shape index (κ2) is 5.14. The molecule has 0 spiro atoms. The van der Waals surface area contributed by atoms with Crippen molar-refractivity contribution >= 4 is 5.69 Å². The highest BCUT2D eigenvalue weighted by molar-refractivity contribution is 5.62. The number of hydrogen-bond donors (Lipinski definition) is 1. The third-order valence-corrected chi connectivity index (χ3v) is 7.20. The van der Waals surface area contributed by atoms with Gasteiger partial charge in [-0.05, 0) is 67.3 Å². The van der Waals surface area contributed by atoms with Crippen LogP contribution >= 0.6 is 0 Å². The number of methoxy groups -OCH3 is 1. The van der Waals surface area contributed by atoms with E-state index in [0.29, 0.717) is 12.0 Å². The van der Waals surface area contributed by atoms with Crippen molar-refractivity contribution in [3.63, 3.8) is 0 Å². The number of piperidine rings is 2. The monoisotopic (exact) mass is 312 g/mol. The van der Waals surface area contributed by atoms with Crippen LogP contribution in [0.3, 0.4) is 0 Å². The van der Waals surface area contributed by atoms with Crippen LogP contribution in [-0.4, -0.2) is 37.2 Å². The maximum atomic E-state index is 5.48. The van der Waals surface area contributed by atoms with E-state index in [2.05, 4.69) is 35.3 Å². The van der Waals surface area contributed by atoms with Gasteiger partial charge in [-0.1, -0.05) is 13.3 Å². The van der Waals surface area contributed by atoms with Gasteiger partial charge in [-0.25, -0.2) is 0 Å². The lowest BCUT2D eigenvalue weighted by molar-refractivity contribution is -0.0383. The summed E-state index contributed by atoms with van der Waals surface area (Å²) in [6.45, 7) is 5.05. The van der Waals surface area contributed by atoms with Crippen molar-refractivity contribution in [2.24, 2.45) is 17.8 Å². The summed E-state index contributed by atoms with van der Waals surface area (Å²) in [5.41, 5.74) is 2.87. The molecule has 1 aromatic carbocycles. The minimum Gasteiger partial charge on any atom is -0.497 e. The molecule has 0 amide bonds. The first-order valence-electron chi connectivity index (χ1n) is 9.47. The van der Waals surface area contributed by atoms with Crippen molar-refractivity contribution < 1.29 is 4.74 Å². The van der Waals surface area contributed by atoms with Crippen LogP contribution in [0.15, 0.2) is 18.2 Å². The first kappa shape index (κ1) is 14.2. The predicted molar refractivity (Wildman–Crippen MR) is 93.1 cm³/mol. The first-order valence-corrected chi connectivity index (χ1v) is 9.47. The number of nitrogens with zero attached hydrogens (tertiary/aromatic N) is 1. The molecule has 4 aliphatic heterocycles. The highest BCUT2D eigenvalue weighted by Crippen LogP contribution is 2.53. The molecule has 1 N–H and O–H groups in total. The normalized spacial score (nSPS) is 43.3. The van der Waals surface area contributed by atoms with Crippen LogP contribution in [0, 0.1) is 17.8 Å². The van der Waals surface area contributed by atoms with Crippen LogP contribution in [0.1, 0.15) is 44.1 Å². The van der Waals surface area contributed by atoms with Gasteiger partial charge in [0.2, 0.25) is 0 Å². The molecule has 1 aromatic rings. The maximum absolute atomic E-state index is 5.48. The highest BCUT2D eigenvalue weighted by Gasteiger charge is 2.53. The third kappa shape index (κ3) is 1.98. The van der Waals surface area contributed by atoms with Crippen LogP contribution in [0.25, 0.3) is 0 Å². The predicted octanol–water partition coefficient (Wildman–Crippen LogP) is 3.71. The van der Waals surface area contributed by atoms with Crippen molar-refractivity contribution in [1.82, 2.24) is 4.90 Å². The molecule has 7 atom stereocenters. The highest BCUT2D eigenvalue weighted by atomic mass is 16.5. The number of ether oxygens (including phenoxy) is 1. The Morgan fingerprint density at radius 3 is 3.04 bits per heavy atom. The molecule has 4 bridgehead atoms. The van der Waals surface area contributed by atoms with Crippen LogP contribution in [0.2, 0.25) is 0 Å². The van der Waals surface area contributed by atoms with Gasteiger partial charge in [-0.2, -0.15) is 0 Å². The molecule has 124 valence electrons. The summed E-state index contributed by atoms with van der Waals surface area (Å²) in [6.07, 6.45) is 5.57. The minimum absolute atomic E-state index is 0.643. The van der Waals surface area contributed by atoms with E-state index in [9.17, 15) is 0 Å². The Bertz CT molecular complexity index is 616. The Hall–Kier alpha value is -1.22. The average Bonchev–Trinajstić information content (AvgIpc) is 2.92. The summed E-state index contributed by atoms with van der Waals surface area (Å²) in [6, 6.07) is 8.09. The Kier molecular flexibility index (Phi) is 3.16. The van der Waals surface area contributed by atoms with Gasteiger partial charge in [0.25, 0.3) is 0 Å². The van der Waals surface area contributed by atoms with Gasteiger partial charge in [0.15, 0.2) is 0 Å². The number of anilines is 1. The van der Waals surface area contributed by atoms with Crippen molar-refractivity contribution in [2.75, 3.05) is 25.5 Å². The zero-order chi connectivity index (χ0) is 15.6. The zero-order valence-electron chi connectivity index (χ0n) is 14.3. The molecule has 1 saturated carbocycles. The van der Waals surface area contributed by atoms with E-state index in [4.69, 9.17) is 4.74 Å². The van der Waals surface area contributed by atoms with Gasteiger partial charge in [-0.3, -0.25) is 4.90 Å². The summed E-state index contributed by atoms with van der Waals surface area (Å²) >= 11 is 0. The van der Waals surface area contributed by atoms with Crippen molar-refractivity contribution in [1.29, 1.82) is 0 Å². The van der Waals surface area contributed by atoms with Crippen LogP contribution < -0.4 is 10.1 Å². The summed E-state index contributed by atoms with van der Waals surface area (Å²) < 4.78 is 5.48. The second-order valence-electron chi connectivity index (χ2n) is 8.17. The molecule has 4 heterocycles. The summed E-state index contributed by atoms with van der Waals surface area (Å²) in [4.78, 5) is 2.86. The SMILES string of the molecule is CC[C@H]1C[C@H]2C[C@H]3C4Nc5ccc(OC)cc5C4CCN(C2)C13. The lowest BCUT2D eigenvalue weighted by Gasteiger charge is -2.54. The molecule has 3 saturated heterocycles. The minimum atomic E-state index is 0.643. The van der Waals surface area contributed by atoms with E-state index >= 15 is 0 Å². The van der Waals surface area contributed by atoms with E-state index in [0.717, 1.165) is 29.5 Å². The number of rotatable bonds is 2. The molecule has 3 nitrogen and oxygen atoms in total. The molecule has 4 fully saturated rings. The third-order valence-electron chi connectivity index (χ3n) is 7.20. The molecule has 0 aromatic heterocycles. The molecule has 6 rings (SSSR count). The Morgan fingerprint density at radius 1 is 1.30 bits per heavy atom. The maximum Gasteiger partial charge on any atom is 0.119 e. The van der Waals surface area contributed by atoms with Crippen LogP contribution in [0.5, 0.6) is 5.75 Å². The van der Waals surface area contributed by atoms with Crippen LogP contribution in [0.4, 0.5) is 5.69 Å². The molecule has 5 aliphatic rings. The number of benzene rings is 1. The van der Waals surface area contributed by atoms with E-state index in [-0.39, 0.29) is 0 Å². The van der Waals surface area contributed by atoms with E-state index < -0.39 is 0 Å². The van der Waals surface area contributed by atoms with Crippen LogP contribution in [-0.2, 0) is 0 Å². The molecule has 0 radical (unpaired) electrons. The number of fused-ring (bicyclic) bond motifs is 4. The number of nitrogens with one attached hydrogen (secondary N) is 1. The first-order chi connectivity index (χ1) is 11.3. The Balaban J connectivity index is 1.53. The molecule has 23 heavy (non-hydrogen) atoms. The topological polar surface area (TPSA) is 24.5 Å². The van der Waals surface area contributed by atoms with E-state index in [1.54, 1.807) is 7.11 Å². The van der Waals surface area contributed by atoms with Gasteiger partial charge in [0, 0.05) is 30.2 Å². The largest absolute Gasteiger partial charge is 0.497 e. The standard InChI is InChI=1S/C20H28N2O/c1-3-13-8-12-9-17-19-15(6-7-22(11-12)20(13)17)16-10-14(23-2)4-5-18(16)21-19/h4-5,10,12-13,15,17,19-21H,3,6-9,11H2,1-2H3/t12-,13-,15?,17-,19?,20?/m0/s1. The molecular weight excluding hydrogens is 284 g/mol. The van der Waals surface area contributed by atoms with Crippen molar-refractivity contribution in [3.8, 4) is 5.75 Å². The molecule has 4 unspecified atom stereocenters. The second-order valence-corrected chi connectivity index (χ2v) is 8.17. The Labute approximate surface area is 139 Å². The summed E-state index contributed by atoms with van der Waals surface area (Å²) in [5.74, 6) is 4.37. The van der Waals surface area contributed by atoms with Gasteiger partial charge < -0.3 is 10.1 Å². The average molecular weight is 312 g/mol. The molecule has 3 heteroatoms. The van der Waals surface area contributed by atoms with E-state index in [1.807, 2.05) is 0 Å². The molecular formula is C20H28N2O. The van der Waals surface area contributed by atoms with Crippen molar-refractivity contribution in [3.05, 3.63) is 23.8 Å². The zero-order valence-corrected chi connectivity index (χ0v) is 14.3. The smallest absolute Gasteiger partial charge is 0.119 e. The fraction of sp³-hybridized carbons (Fsp3) is 0.700. The fourth-order valence-electron chi connectivity index (χ4n) is 6.34. The lowest BCUT2D eigenvalue weighted by Crippen LogP contribution is -2.59. The van der Waals surface area contributed by atoms with Gasteiger partial charge in [0.05, 0.1) is 7.11 Å². The fourth-order valence-corrected chi connectivity index (χ4v) is 6.34. The van der Waals surface area contributed by atoms with E-state index in [1.165, 1.54) is 50.0 Å². The number of hydrogen-bond acceptors (Lipinski definition) is 3. The van der Waals surface area contributed by atoms with Gasteiger partial charge in [0.1, 0.15) is 5.75 Å². The molecule has 1 aliphatic carbocycles. The summed E-state index contributed by atoms with van der Waals surface area (Å²) in [7, 11) is 1.78. The quantitative estimate of drug-likeness (QED) is 0.901. The van der Waals surface area contributed by atoms with Gasteiger partial charge in [-0.15, -0.1) is 0 Å². The Morgan fingerprint density at radius 2 is 2.22 bits per heavy atom. The van der Waals surface area contributed by atoms with Crippen molar-refractivity contribution in [2.45, 2.75) is 50.6 Å².